The number of hydrogen-bond acceptors (Lipinski definition) is 6. The van der Waals surface area contributed by atoms with Gasteiger partial charge in [0.2, 0.25) is 15.8 Å². The normalized spacial score (nSPS) is 20.6. The number of halogens is 2. The molecule has 1 aromatic carbocycles. The predicted molar refractivity (Wildman–Crippen MR) is 115 cm³/mol. The summed E-state index contributed by atoms with van der Waals surface area (Å²) in [5.74, 6) is -1.01. The fraction of sp³-hybridized carbons (Fsp3) is 0.368. The standard InChI is InChI=1S/C19H18Cl2N2O5S2/c1-23(30(27,28)9-11-4-5-11)17-14(20)7-6-13(15(17)21)19-18(24)16-12(3-2-8-22-16)10-29(19,25)26/h2-3,6-8,11,19H,4-5,9-10H2,1H3. The summed E-state index contributed by atoms with van der Waals surface area (Å²) < 4.78 is 52.4. The van der Waals surface area contributed by atoms with Crippen LogP contribution in [0.5, 0.6) is 0 Å². The van der Waals surface area contributed by atoms with Crippen LogP contribution in [0.25, 0.3) is 0 Å². The van der Waals surface area contributed by atoms with Crippen molar-refractivity contribution in [1.29, 1.82) is 0 Å². The molecule has 1 unspecified atom stereocenters. The van der Waals surface area contributed by atoms with E-state index in [-0.39, 0.29) is 44.4 Å². The van der Waals surface area contributed by atoms with E-state index >= 15 is 0 Å². The van der Waals surface area contributed by atoms with Crippen LogP contribution in [0.4, 0.5) is 5.69 Å². The van der Waals surface area contributed by atoms with E-state index in [9.17, 15) is 21.6 Å². The first-order valence-electron chi connectivity index (χ1n) is 9.17. The zero-order chi connectivity index (χ0) is 21.8. The Balaban J connectivity index is 1.83. The van der Waals surface area contributed by atoms with Gasteiger partial charge < -0.3 is 0 Å². The van der Waals surface area contributed by atoms with Crippen LogP contribution in [0.2, 0.25) is 10.0 Å². The van der Waals surface area contributed by atoms with Crippen LogP contribution in [-0.2, 0) is 25.6 Å². The van der Waals surface area contributed by atoms with Crippen molar-refractivity contribution in [3.8, 4) is 0 Å². The number of fused-ring (bicyclic) bond motifs is 1. The molecule has 0 saturated heterocycles. The molecule has 1 aliphatic heterocycles. The van der Waals surface area contributed by atoms with Crippen LogP contribution in [-0.4, -0.2) is 40.4 Å². The van der Waals surface area contributed by atoms with Crippen LogP contribution in [0.1, 0.15) is 39.7 Å². The van der Waals surface area contributed by atoms with Crippen molar-refractivity contribution in [2.45, 2.75) is 23.8 Å². The molecule has 30 heavy (non-hydrogen) atoms. The second-order valence-electron chi connectivity index (χ2n) is 7.55. The highest BCUT2D eigenvalue weighted by Crippen LogP contribution is 2.44. The highest BCUT2D eigenvalue weighted by atomic mass is 35.5. The molecule has 1 atom stereocenters. The Morgan fingerprint density at radius 1 is 1.20 bits per heavy atom. The van der Waals surface area contributed by atoms with E-state index in [4.69, 9.17) is 23.2 Å². The van der Waals surface area contributed by atoms with Crippen molar-refractivity contribution in [3.63, 3.8) is 0 Å². The number of anilines is 1. The van der Waals surface area contributed by atoms with Gasteiger partial charge >= 0.3 is 0 Å². The van der Waals surface area contributed by atoms with Gasteiger partial charge in [0, 0.05) is 13.2 Å². The van der Waals surface area contributed by atoms with Crippen molar-refractivity contribution in [2.24, 2.45) is 5.92 Å². The van der Waals surface area contributed by atoms with E-state index in [0.29, 0.717) is 5.56 Å². The molecule has 1 aromatic heterocycles. The van der Waals surface area contributed by atoms with Crippen molar-refractivity contribution < 1.29 is 21.6 Å². The number of carbonyl (C=O) groups is 1. The summed E-state index contributed by atoms with van der Waals surface area (Å²) in [6.45, 7) is 0. The molecule has 7 nitrogen and oxygen atoms in total. The summed E-state index contributed by atoms with van der Waals surface area (Å²) in [5, 5.41) is -1.71. The monoisotopic (exact) mass is 488 g/mol. The number of ketones is 1. The van der Waals surface area contributed by atoms with Gasteiger partial charge in [-0.3, -0.25) is 14.1 Å². The maximum Gasteiger partial charge on any atom is 0.235 e. The fourth-order valence-corrected chi connectivity index (χ4v) is 7.95. The first-order chi connectivity index (χ1) is 14.0. The first kappa shape index (κ1) is 21.5. The lowest BCUT2D eigenvalue weighted by Crippen LogP contribution is -2.32. The minimum atomic E-state index is -3.95. The van der Waals surface area contributed by atoms with Gasteiger partial charge in [0.15, 0.2) is 15.1 Å². The summed E-state index contributed by atoms with van der Waals surface area (Å²) in [6, 6.07) is 5.82. The average Bonchev–Trinajstić information content (AvgIpc) is 3.46. The van der Waals surface area contributed by atoms with Crippen LogP contribution in [0.3, 0.4) is 0 Å². The van der Waals surface area contributed by atoms with Crippen molar-refractivity contribution in [2.75, 3.05) is 17.1 Å². The number of aromatic nitrogens is 1. The van der Waals surface area contributed by atoms with Crippen molar-refractivity contribution in [1.82, 2.24) is 4.98 Å². The van der Waals surface area contributed by atoms with E-state index in [1.54, 1.807) is 12.1 Å². The summed E-state index contributed by atoms with van der Waals surface area (Å²) in [7, 11) is -6.34. The largest absolute Gasteiger partial charge is 0.291 e. The highest BCUT2D eigenvalue weighted by molar-refractivity contribution is 7.92. The third kappa shape index (κ3) is 3.72. The Morgan fingerprint density at radius 2 is 1.90 bits per heavy atom. The number of nitrogens with zero attached hydrogens (tertiary/aromatic N) is 2. The second-order valence-corrected chi connectivity index (χ2v) is 12.5. The number of rotatable bonds is 5. The maximum absolute atomic E-state index is 13.0. The summed E-state index contributed by atoms with van der Waals surface area (Å²) in [5.41, 5.74) is 0.352. The molecule has 0 amide bonds. The lowest BCUT2D eigenvalue weighted by atomic mass is 10.0. The molecule has 0 bridgehead atoms. The molecule has 0 radical (unpaired) electrons. The second kappa shape index (κ2) is 7.47. The molecule has 160 valence electrons. The molecule has 1 fully saturated rings. The summed E-state index contributed by atoms with van der Waals surface area (Å²) in [6.07, 6.45) is 3.10. The Kier molecular flexibility index (Phi) is 5.37. The van der Waals surface area contributed by atoms with Gasteiger partial charge in [0.25, 0.3) is 0 Å². The molecular formula is C19H18Cl2N2O5S2. The topological polar surface area (TPSA) is 101 Å². The van der Waals surface area contributed by atoms with Gasteiger partial charge in [-0.15, -0.1) is 0 Å². The van der Waals surface area contributed by atoms with Gasteiger partial charge in [-0.2, -0.15) is 0 Å². The number of Topliss-reactive ketones (excluding diaryl/α,β-unsaturated/α-hetero) is 1. The third-order valence-electron chi connectivity index (χ3n) is 5.33. The lowest BCUT2D eigenvalue weighted by Gasteiger charge is -2.27. The predicted octanol–water partition coefficient (Wildman–Crippen LogP) is 3.42. The quantitative estimate of drug-likeness (QED) is 0.638. The number of benzene rings is 1. The van der Waals surface area contributed by atoms with E-state index in [2.05, 4.69) is 4.98 Å². The third-order valence-corrected chi connectivity index (χ3v) is 9.84. The lowest BCUT2D eigenvalue weighted by molar-refractivity contribution is 0.0979. The Labute approximate surface area is 185 Å². The number of sulfone groups is 1. The zero-order valence-electron chi connectivity index (χ0n) is 15.9. The van der Waals surface area contributed by atoms with Crippen LogP contribution in [0.15, 0.2) is 30.5 Å². The van der Waals surface area contributed by atoms with Gasteiger partial charge in [-0.05, 0) is 42.0 Å². The van der Waals surface area contributed by atoms with E-state index in [1.807, 2.05) is 0 Å². The number of pyridine rings is 1. The van der Waals surface area contributed by atoms with Crippen LogP contribution in [0, 0.1) is 5.92 Å². The molecule has 2 aliphatic rings. The van der Waals surface area contributed by atoms with E-state index < -0.39 is 30.9 Å². The minimum Gasteiger partial charge on any atom is -0.291 e. The molecule has 4 rings (SSSR count). The number of sulfonamides is 1. The van der Waals surface area contributed by atoms with Gasteiger partial charge in [-0.1, -0.05) is 35.3 Å². The van der Waals surface area contributed by atoms with Gasteiger partial charge in [0.1, 0.15) is 5.69 Å². The van der Waals surface area contributed by atoms with Crippen molar-refractivity contribution >= 4 is 54.5 Å². The van der Waals surface area contributed by atoms with Crippen molar-refractivity contribution in [3.05, 3.63) is 57.3 Å². The molecule has 0 spiro atoms. The maximum atomic E-state index is 13.0. The SMILES string of the molecule is CN(c1c(Cl)ccc(C2C(=O)c3ncccc3CS2(=O)=O)c1Cl)S(=O)(=O)CC1CC1. The Bertz CT molecular complexity index is 1260. The first-order valence-corrected chi connectivity index (χ1v) is 13.2. The molecule has 11 heteroatoms. The molecule has 1 saturated carbocycles. The summed E-state index contributed by atoms with van der Waals surface area (Å²) in [4.78, 5) is 17.1. The number of hydrogen-bond donors (Lipinski definition) is 0. The van der Waals surface area contributed by atoms with E-state index in [1.165, 1.54) is 25.4 Å². The minimum absolute atomic E-state index is 0.00848. The smallest absolute Gasteiger partial charge is 0.235 e. The average molecular weight is 489 g/mol. The Morgan fingerprint density at radius 3 is 2.57 bits per heavy atom. The van der Waals surface area contributed by atoms with Crippen LogP contribution < -0.4 is 4.31 Å². The number of carbonyl (C=O) groups excluding carboxylic acids is 1. The van der Waals surface area contributed by atoms with Gasteiger partial charge in [-0.25, -0.2) is 16.8 Å². The Hall–Kier alpha value is -1.68. The van der Waals surface area contributed by atoms with E-state index in [0.717, 1.165) is 17.1 Å². The molecule has 1 aliphatic carbocycles. The zero-order valence-corrected chi connectivity index (χ0v) is 19.0. The molecule has 0 N–H and O–H groups in total. The summed E-state index contributed by atoms with van der Waals surface area (Å²) >= 11 is 12.7. The molecular weight excluding hydrogens is 471 g/mol. The molecule has 2 heterocycles. The van der Waals surface area contributed by atoms with Gasteiger partial charge in [0.05, 0.1) is 27.2 Å². The molecule has 2 aromatic rings. The fourth-order valence-electron chi connectivity index (χ4n) is 3.58. The van der Waals surface area contributed by atoms with Crippen LogP contribution >= 0.6 is 23.2 Å². The highest BCUT2D eigenvalue weighted by Gasteiger charge is 2.43.